The van der Waals surface area contributed by atoms with Crippen molar-refractivity contribution in [3.8, 4) is 0 Å². The van der Waals surface area contributed by atoms with Crippen LogP contribution in [-0.2, 0) is 11.3 Å². The van der Waals surface area contributed by atoms with Crippen molar-refractivity contribution in [3.63, 3.8) is 0 Å². The smallest absolute Gasteiger partial charge is 0.303 e. The molecule has 0 atom stereocenters. The molecule has 1 aromatic rings. The Hall–Kier alpha value is -1.06. The number of hydrogen-bond donors (Lipinski definition) is 1. The van der Waals surface area contributed by atoms with Gasteiger partial charge in [0.2, 0.25) is 0 Å². The molecule has 1 saturated heterocycles. The molecule has 0 amide bonds. The van der Waals surface area contributed by atoms with Crippen LogP contribution in [0.25, 0.3) is 0 Å². The van der Waals surface area contributed by atoms with E-state index in [1.165, 1.54) is 5.56 Å². The molecule has 1 N–H and O–H groups in total. The van der Waals surface area contributed by atoms with Crippen molar-refractivity contribution in [1.29, 1.82) is 0 Å². The van der Waals surface area contributed by atoms with Crippen LogP contribution >= 0.6 is 11.6 Å². The number of benzene rings is 1. The standard InChI is InChI=1S/C15H20ClNO2/c1-11-2-3-13(14(16)8-11)10-17-6-4-12(5-7-17)9-15(18)19/h2-3,8,12H,4-7,9-10H2,1H3,(H,18,19). The quantitative estimate of drug-likeness (QED) is 0.920. The van der Waals surface area contributed by atoms with Gasteiger partial charge < -0.3 is 5.11 Å². The zero-order valence-corrected chi connectivity index (χ0v) is 12.0. The highest BCUT2D eigenvalue weighted by Crippen LogP contribution is 2.24. The number of aryl methyl sites for hydroxylation is 1. The normalized spacial score (nSPS) is 17.6. The van der Waals surface area contributed by atoms with Crippen LogP contribution in [0.5, 0.6) is 0 Å². The number of halogens is 1. The number of carbonyl (C=O) groups is 1. The highest BCUT2D eigenvalue weighted by atomic mass is 35.5. The van der Waals surface area contributed by atoms with E-state index in [-0.39, 0.29) is 0 Å². The minimum absolute atomic E-state index is 0.305. The summed E-state index contributed by atoms with van der Waals surface area (Å²) in [5.41, 5.74) is 2.33. The molecule has 4 heteroatoms. The van der Waals surface area contributed by atoms with Crippen molar-refractivity contribution in [1.82, 2.24) is 4.90 Å². The molecular weight excluding hydrogens is 262 g/mol. The van der Waals surface area contributed by atoms with Gasteiger partial charge >= 0.3 is 5.97 Å². The number of likely N-dealkylation sites (tertiary alicyclic amines) is 1. The van der Waals surface area contributed by atoms with E-state index in [0.717, 1.165) is 43.1 Å². The maximum Gasteiger partial charge on any atom is 0.303 e. The molecule has 0 unspecified atom stereocenters. The molecule has 1 aromatic carbocycles. The molecule has 1 heterocycles. The van der Waals surface area contributed by atoms with Crippen LogP contribution in [0.1, 0.15) is 30.4 Å². The molecule has 2 rings (SSSR count). The fourth-order valence-corrected chi connectivity index (χ4v) is 2.91. The number of hydrogen-bond acceptors (Lipinski definition) is 2. The zero-order chi connectivity index (χ0) is 13.8. The number of carboxylic acids is 1. The lowest BCUT2D eigenvalue weighted by Gasteiger charge is -2.31. The molecule has 0 aliphatic carbocycles. The summed E-state index contributed by atoms with van der Waals surface area (Å²) in [4.78, 5) is 13.0. The summed E-state index contributed by atoms with van der Waals surface area (Å²) in [5.74, 6) is -0.345. The largest absolute Gasteiger partial charge is 0.481 e. The Morgan fingerprint density at radius 1 is 1.42 bits per heavy atom. The van der Waals surface area contributed by atoms with Gasteiger partial charge in [0.25, 0.3) is 0 Å². The van der Waals surface area contributed by atoms with Crippen molar-refractivity contribution in [3.05, 3.63) is 34.3 Å². The van der Waals surface area contributed by atoms with Gasteiger partial charge in [0, 0.05) is 18.0 Å². The molecule has 0 spiro atoms. The van der Waals surface area contributed by atoms with Gasteiger partial charge in [0.05, 0.1) is 0 Å². The molecular formula is C15H20ClNO2. The lowest BCUT2D eigenvalue weighted by molar-refractivity contribution is -0.138. The summed E-state index contributed by atoms with van der Waals surface area (Å²) >= 11 is 6.24. The molecule has 1 fully saturated rings. The van der Waals surface area contributed by atoms with Crippen molar-refractivity contribution in [2.45, 2.75) is 32.7 Å². The lowest BCUT2D eigenvalue weighted by Crippen LogP contribution is -2.34. The Morgan fingerprint density at radius 3 is 2.68 bits per heavy atom. The maximum absolute atomic E-state index is 10.7. The van der Waals surface area contributed by atoms with Crippen LogP contribution in [0, 0.1) is 12.8 Å². The summed E-state index contributed by atoms with van der Waals surface area (Å²) in [5, 5.41) is 9.62. The second-order valence-corrected chi connectivity index (χ2v) is 5.82. The predicted molar refractivity (Wildman–Crippen MR) is 76.4 cm³/mol. The van der Waals surface area contributed by atoms with Crippen molar-refractivity contribution in [2.24, 2.45) is 5.92 Å². The Bertz CT molecular complexity index is 453. The van der Waals surface area contributed by atoms with Gasteiger partial charge in [0.15, 0.2) is 0 Å². The average Bonchev–Trinajstić information content (AvgIpc) is 2.34. The van der Waals surface area contributed by atoms with Crippen LogP contribution in [-0.4, -0.2) is 29.1 Å². The molecule has 0 bridgehead atoms. The molecule has 0 saturated carbocycles. The van der Waals surface area contributed by atoms with E-state index in [1.807, 2.05) is 13.0 Å². The minimum atomic E-state index is -0.681. The highest BCUT2D eigenvalue weighted by molar-refractivity contribution is 6.31. The van der Waals surface area contributed by atoms with Crippen LogP contribution in [0.15, 0.2) is 18.2 Å². The minimum Gasteiger partial charge on any atom is -0.481 e. The number of carboxylic acid groups (broad SMARTS) is 1. The predicted octanol–water partition coefficient (Wildman–Crippen LogP) is 3.34. The van der Waals surface area contributed by atoms with Crippen LogP contribution in [0.3, 0.4) is 0 Å². The van der Waals surface area contributed by atoms with Gasteiger partial charge in [-0.15, -0.1) is 0 Å². The third kappa shape index (κ3) is 4.22. The van der Waals surface area contributed by atoms with Crippen LogP contribution in [0.2, 0.25) is 5.02 Å². The lowest BCUT2D eigenvalue weighted by atomic mass is 9.93. The van der Waals surface area contributed by atoms with Gasteiger partial charge in [-0.2, -0.15) is 0 Å². The zero-order valence-electron chi connectivity index (χ0n) is 11.2. The van der Waals surface area contributed by atoms with E-state index in [9.17, 15) is 4.79 Å². The Morgan fingerprint density at radius 2 is 2.11 bits per heavy atom. The van der Waals surface area contributed by atoms with Gasteiger partial charge in [0.1, 0.15) is 0 Å². The number of piperidine rings is 1. The summed E-state index contributed by atoms with van der Waals surface area (Å²) < 4.78 is 0. The monoisotopic (exact) mass is 281 g/mol. The van der Waals surface area contributed by atoms with Crippen molar-refractivity contribution in [2.75, 3.05) is 13.1 Å². The van der Waals surface area contributed by atoms with Gasteiger partial charge in [-0.3, -0.25) is 9.69 Å². The molecule has 3 nitrogen and oxygen atoms in total. The topological polar surface area (TPSA) is 40.5 Å². The van der Waals surface area contributed by atoms with E-state index in [0.29, 0.717) is 12.3 Å². The molecule has 1 aliphatic heterocycles. The first-order valence-electron chi connectivity index (χ1n) is 6.74. The van der Waals surface area contributed by atoms with Crippen LogP contribution < -0.4 is 0 Å². The second-order valence-electron chi connectivity index (χ2n) is 5.41. The summed E-state index contributed by atoms with van der Waals surface area (Å²) in [6, 6.07) is 6.16. The Balaban J connectivity index is 1.87. The average molecular weight is 282 g/mol. The SMILES string of the molecule is Cc1ccc(CN2CCC(CC(=O)O)CC2)c(Cl)c1. The Labute approximate surface area is 119 Å². The summed E-state index contributed by atoms with van der Waals surface area (Å²) in [6.07, 6.45) is 2.24. The third-order valence-corrected chi connectivity index (χ3v) is 4.12. The first-order chi connectivity index (χ1) is 9.04. The van der Waals surface area contributed by atoms with Gasteiger partial charge in [-0.05, 0) is 56.0 Å². The van der Waals surface area contributed by atoms with E-state index < -0.39 is 5.97 Å². The van der Waals surface area contributed by atoms with Gasteiger partial charge in [-0.1, -0.05) is 23.7 Å². The summed E-state index contributed by atoms with van der Waals surface area (Å²) in [6.45, 7) is 4.82. The first kappa shape index (κ1) is 14.4. The molecule has 19 heavy (non-hydrogen) atoms. The number of rotatable bonds is 4. The van der Waals surface area contributed by atoms with E-state index in [4.69, 9.17) is 16.7 Å². The van der Waals surface area contributed by atoms with Crippen molar-refractivity contribution >= 4 is 17.6 Å². The Kier molecular flexibility index (Phi) is 4.83. The molecule has 0 radical (unpaired) electrons. The maximum atomic E-state index is 10.7. The number of nitrogens with zero attached hydrogens (tertiary/aromatic N) is 1. The van der Waals surface area contributed by atoms with E-state index >= 15 is 0 Å². The second kappa shape index (κ2) is 6.40. The molecule has 1 aliphatic rings. The summed E-state index contributed by atoms with van der Waals surface area (Å²) in [7, 11) is 0. The van der Waals surface area contributed by atoms with E-state index in [1.54, 1.807) is 0 Å². The third-order valence-electron chi connectivity index (χ3n) is 3.77. The first-order valence-corrected chi connectivity index (χ1v) is 7.11. The van der Waals surface area contributed by atoms with E-state index in [2.05, 4.69) is 17.0 Å². The highest BCUT2D eigenvalue weighted by Gasteiger charge is 2.21. The molecule has 0 aromatic heterocycles. The van der Waals surface area contributed by atoms with Gasteiger partial charge in [-0.25, -0.2) is 0 Å². The molecule has 104 valence electrons. The fraction of sp³-hybridized carbons (Fsp3) is 0.533. The van der Waals surface area contributed by atoms with Crippen LogP contribution in [0.4, 0.5) is 0 Å². The fourth-order valence-electron chi connectivity index (χ4n) is 2.62. The van der Waals surface area contributed by atoms with Crippen molar-refractivity contribution < 1.29 is 9.90 Å². The number of aliphatic carboxylic acids is 1.